The number of benzene rings is 1. The molecule has 0 saturated carbocycles. The molecule has 0 aliphatic heterocycles. The number of aromatic nitrogens is 3. The highest BCUT2D eigenvalue weighted by Gasteiger charge is 2.29. The second-order valence-corrected chi connectivity index (χ2v) is 7.36. The normalized spacial score (nSPS) is 12.1. The van der Waals surface area contributed by atoms with Gasteiger partial charge < -0.3 is 9.88 Å². The fourth-order valence-corrected chi connectivity index (χ4v) is 3.14. The Kier molecular flexibility index (Phi) is 7.52. The highest BCUT2D eigenvalue weighted by atomic mass is 32.2. The van der Waals surface area contributed by atoms with Crippen molar-refractivity contribution in [1.29, 1.82) is 0 Å². The number of alkyl halides is 3. The van der Waals surface area contributed by atoms with Gasteiger partial charge in [0.25, 0.3) is 0 Å². The minimum absolute atomic E-state index is 0.522. The zero-order valence-corrected chi connectivity index (χ0v) is 16.1. The number of hydrogen-bond donors (Lipinski definition) is 1. The molecule has 0 spiro atoms. The van der Waals surface area contributed by atoms with Gasteiger partial charge in [0.05, 0.1) is 5.56 Å². The molecule has 0 atom stereocenters. The molecule has 0 bridgehead atoms. The topological polar surface area (TPSA) is 42.7 Å². The number of rotatable bonds is 9. The summed E-state index contributed by atoms with van der Waals surface area (Å²) >= 11 is 1.60. The minimum atomic E-state index is -4.28. The fraction of sp³-hybridized carbons (Fsp3) is 0.556. The maximum atomic E-state index is 12.5. The highest BCUT2D eigenvalue weighted by molar-refractivity contribution is 7.98. The summed E-state index contributed by atoms with van der Waals surface area (Å²) < 4.78 is 39.8. The Balaban J connectivity index is 1.78. The van der Waals surface area contributed by atoms with Crippen LogP contribution in [0.15, 0.2) is 29.4 Å². The van der Waals surface area contributed by atoms with E-state index in [1.165, 1.54) is 12.1 Å². The Labute approximate surface area is 156 Å². The van der Waals surface area contributed by atoms with Crippen molar-refractivity contribution in [2.24, 2.45) is 5.92 Å². The van der Waals surface area contributed by atoms with E-state index in [1.54, 1.807) is 11.8 Å². The van der Waals surface area contributed by atoms with Gasteiger partial charge in [0.15, 0.2) is 5.16 Å². The summed E-state index contributed by atoms with van der Waals surface area (Å²) in [6.45, 7) is 6.55. The summed E-state index contributed by atoms with van der Waals surface area (Å²) in [5.41, 5.74) is 0.223. The molecule has 0 unspecified atom stereocenters. The molecule has 4 nitrogen and oxygen atoms in total. The molecule has 0 amide bonds. The summed E-state index contributed by atoms with van der Waals surface area (Å²) in [4.78, 5) is 0. The van der Waals surface area contributed by atoms with Crippen molar-refractivity contribution in [3.05, 3.63) is 41.2 Å². The maximum Gasteiger partial charge on any atom is 0.416 e. The predicted molar refractivity (Wildman–Crippen MR) is 98.1 cm³/mol. The van der Waals surface area contributed by atoms with Crippen molar-refractivity contribution in [2.75, 3.05) is 12.8 Å². The van der Waals surface area contributed by atoms with Crippen LogP contribution >= 0.6 is 11.8 Å². The van der Waals surface area contributed by atoms with Crippen molar-refractivity contribution in [3.8, 4) is 0 Å². The molecular weight excluding hydrogens is 361 g/mol. The summed E-state index contributed by atoms with van der Waals surface area (Å²) in [7, 11) is 0. The molecule has 0 aliphatic carbocycles. The van der Waals surface area contributed by atoms with E-state index in [9.17, 15) is 13.2 Å². The lowest BCUT2D eigenvalue weighted by Gasteiger charge is -2.12. The molecule has 0 radical (unpaired) electrons. The van der Waals surface area contributed by atoms with Crippen LogP contribution in [0.2, 0.25) is 0 Å². The molecule has 2 rings (SSSR count). The van der Waals surface area contributed by atoms with E-state index < -0.39 is 11.7 Å². The summed E-state index contributed by atoms with van der Waals surface area (Å²) in [6, 6.07) is 5.27. The molecule has 144 valence electrons. The van der Waals surface area contributed by atoms with Gasteiger partial charge in [0.1, 0.15) is 5.82 Å². The molecule has 1 aromatic carbocycles. The Hall–Kier alpha value is -1.54. The van der Waals surface area contributed by atoms with Crippen molar-refractivity contribution >= 4 is 11.8 Å². The molecule has 1 heterocycles. The first kappa shape index (κ1) is 20.8. The fourth-order valence-electron chi connectivity index (χ4n) is 2.62. The Morgan fingerprint density at radius 1 is 1.15 bits per heavy atom. The molecule has 8 heteroatoms. The first-order valence-corrected chi connectivity index (χ1v) is 9.86. The van der Waals surface area contributed by atoms with Crippen molar-refractivity contribution in [1.82, 2.24) is 20.1 Å². The number of aryl methyl sites for hydroxylation is 1. The van der Waals surface area contributed by atoms with Crippen LogP contribution in [0.4, 0.5) is 13.2 Å². The monoisotopic (exact) mass is 386 g/mol. The van der Waals surface area contributed by atoms with E-state index in [0.29, 0.717) is 12.5 Å². The molecule has 0 saturated heterocycles. The Morgan fingerprint density at radius 3 is 2.42 bits per heavy atom. The summed E-state index contributed by atoms with van der Waals surface area (Å²) in [5.74, 6) is 1.51. The quantitative estimate of drug-likeness (QED) is 0.512. The van der Waals surface area contributed by atoms with Gasteiger partial charge in [-0.1, -0.05) is 37.7 Å². The largest absolute Gasteiger partial charge is 0.416 e. The molecule has 0 aliphatic rings. The average molecular weight is 386 g/mol. The second-order valence-electron chi connectivity index (χ2n) is 6.58. The standard InChI is InChI=1S/C18H25F3N4S/c1-13(2)12-25-16(23-24-17(25)26-3)5-4-10-22-11-14-6-8-15(9-7-14)18(19,20)21/h6-9,13,22H,4-5,10-12H2,1-3H3. The zero-order valence-electron chi connectivity index (χ0n) is 15.3. The van der Waals surface area contributed by atoms with Crippen molar-refractivity contribution in [2.45, 2.75) is 51.1 Å². The third-order valence-corrected chi connectivity index (χ3v) is 4.56. The minimum Gasteiger partial charge on any atom is -0.313 e. The number of halogens is 3. The smallest absolute Gasteiger partial charge is 0.313 e. The number of thioether (sulfide) groups is 1. The Morgan fingerprint density at radius 2 is 1.85 bits per heavy atom. The average Bonchev–Trinajstić information content (AvgIpc) is 2.95. The zero-order chi connectivity index (χ0) is 19.2. The van der Waals surface area contributed by atoms with E-state index in [1.807, 2.05) is 6.26 Å². The SMILES string of the molecule is CSc1nnc(CCCNCc2ccc(C(F)(F)F)cc2)n1CC(C)C. The van der Waals surface area contributed by atoms with Gasteiger partial charge in [-0.2, -0.15) is 13.2 Å². The van der Waals surface area contributed by atoms with Gasteiger partial charge in [-0.25, -0.2) is 0 Å². The summed E-state index contributed by atoms with van der Waals surface area (Å²) in [5, 5.41) is 12.7. The lowest BCUT2D eigenvalue weighted by molar-refractivity contribution is -0.137. The van der Waals surface area contributed by atoms with E-state index in [4.69, 9.17) is 0 Å². The first-order valence-electron chi connectivity index (χ1n) is 8.64. The lowest BCUT2D eigenvalue weighted by Crippen LogP contribution is -2.17. The molecule has 0 fully saturated rings. The van der Waals surface area contributed by atoms with Gasteiger partial charge in [0.2, 0.25) is 0 Å². The molecule has 26 heavy (non-hydrogen) atoms. The van der Waals surface area contributed by atoms with E-state index in [0.717, 1.165) is 54.6 Å². The predicted octanol–water partition coefficient (Wildman–Crippen LogP) is 4.40. The van der Waals surface area contributed by atoms with E-state index in [2.05, 4.69) is 33.9 Å². The van der Waals surface area contributed by atoms with Gasteiger partial charge >= 0.3 is 6.18 Å². The van der Waals surface area contributed by atoms with Gasteiger partial charge in [-0.15, -0.1) is 10.2 Å². The van der Waals surface area contributed by atoms with Gasteiger partial charge in [-0.05, 0) is 42.8 Å². The molecular formula is C18H25F3N4S. The van der Waals surface area contributed by atoms with E-state index in [-0.39, 0.29) is 0 Å². The lowest BCUT2D eigenvalue weighted by atomic mass is 10.1. The maximum absolute atomic E-state index is 12.5. The summed E-state index contributed by atoms with van der Waals surface area (Å²) in [6.07, 6.45) is -0.574. The highest BCUT2D eigenvalue weighted by Crippen LogP contribution is 2.29. The number of nitrogens with zero attached hydrogens (tertiary/aromatic N) is 3. The third kappa shape index (κ3) is 6.02. The Bertz CT molecular complexity index is 681. The van der Waals surface area contributed by atoms with Crippen LogP contribution in [0.3, 0.4) is 0 Å². The molecule has 2 aromatic rings. The second kappa shape index (κ2) is 9.41. The molecule has 1 N–H and O–H groups in total. The first-order chi connectivity index (χ1) is 12.3. The van der Waals surface area contributed by atoms with Crippen LogP contribution in [0.25, 0.3) is 0 Å². The van der Waals surface area contributed by atoms with Gasteiger partial charge in [-0.3, -0.25) is 0 Å². The van der Waals surface area contributed by atoms with E-state index >= 15 is 0 Å². The number of nitrogens with one attached hydrogen (secondary N) is 1. The van der Waals surface area contributed by atoms with Crippen LogP contribution in [0, 0.1) is 5.92 Å². The number of hydrogen-bond acceptors (Lipinski definition) is 4. The third-order valence-electron chi connectivity index (χ3n) is 3.89. The van der Waals surface area contributed by atoms with Crippen molar-refractivity contribution in [3.63, 3.8) is 0 Å². The van der Waals surface area contributed by atoms with Crippen molar-refractivity contribution < 1.29 is 13.2 Å². The molecule has 1 aromatic heterocycles. The van der Waals surface area contributed by atoms with Crippen LogP contribution in [-0.4, -0.2) is 27.6 Å². The van der Waals surface area contributed by atoms with Crippen LogP contribution in [0.5, 0.6) is 0 Å². The van der Waals surface area contributed by atoms with Crippen LogP contribution in [0.1, 0.15) is 37.2 Å². The van der Waals surface area contributed by atoms with Crippen LogP contribution in [-0.2, 0) is 25.7 Å². The van der Waals surface area contributed by atoms with Gasteiger partial charge in [0, 0.05) is 19.5 Å². The van der Waals surface area contributed by atoms with Crippen LogP contribution < -0.4 is 5.32 Å².